The summed E-state index contributed by atoms with van der Waals surface area (Å²) >= 11 is 0. The first-order chi connectivity index (χ1) is 8.38. The predicted octanol–water partition coefficient (Wildman–Crippen LogP) is -5.08. The molecule has 2 unspecified atom stereocenters. The van der Waals surface area contributed by atoms with Gasteiger partial charge in [0.2, 0.25) is 0 Å². The fraction of sp³-hybridized carbons (Fsp3) is 0.700. The van der Waals surface area contributed by atoms with Gasteiger partial charge in [-0.15, -0.1) is 0 Å². The summed E-state index contributed by atoms with van der Waals surface area (Å²) in [7, 11) is 0. The Hall–Kier alpha value is -1.19. The summed E-state index contributed by atoms with van der Waals surface area (Å²) in [5, 5.41) is 35.3. The predicted molar refractivity (Wildman–Crippen MR) is 60.8 cm³/mol. The summed E-state index contributed by atoms with van der Waals surface area (Å²) in [6.45, 7) is 4.88. The minimum atomic E-state index is -1.08. The standard InChI is InChI=1S/C4H12N2O.3C2H4O2.Fe/c1-3(7)4(6)2-5;3*1-2(3)4;/h3-4,7H,2,5-6H2,1H3;3*1H3,(H,3,4);/q;;;;+3/p-3. The van der Waals surface area contributed by atoms with E-state index in [4.69, 9.17) is 46.3 Å². The SMILES string of the molecule is CC(=O)[O-].CC(=O)[O-].CC(=O)[O-].CC(O)C(N)CN.[Fe+3]. The molecule has 0 spiro atoms. The Morgan fingerprint density at radius 3 is 1.15 bits per heavy atom. The molecule has 1 radical (unpaired) electrons. The fourth-order valence-electron chi connectivity index (χ4n) is 0.197. The number of hydrogen-bond acceptors (Lipinski definition) is 9. The maximum atomic E-state index is 8.89. The second-order valence-electron chi connectivity index (χ2n) is 3.11. The Labute approximate surface area is 128 Å². The van der Waals surface area contributed by atoms with E-state index in [0.717, 1.165) is 20.8 Å². The van der Waals surface area contributed by atoms with Crippen LogP contribution in [0.1, 0.15) is 27.7 Å². The van der Waals surface area contributed by atoms with E-state index in [0.29, 0.717) is 6.54 Å². The molecular weight excluding hydrogens is 316 g/mol. The van der Waals surface area contributed by atoms with Crippen molar-refractivity contribution in [1.29, 1.82) is 0 Å². The second kappa shape index (κ2) is 22.9. The van der Waals surface area contributed by atoms with E-state index in [2.05, 4.69) is 0 Å². The quantitative estimate of drug-likeness (QED) is 0.413. The zero-order valence-corrected chi connectivity index (χ0v) is 12.9. The first kappa shape index (κ1) is 31.3. The van der Waals surface area contributed by atoms with Crippen LogP contribution in [0.2, 0.25) is 0 Å². The first-order valence-electron chi connectivity index (χ1n) is 5.04. The molecule has 0 bridgehead atoms. The normalized spacial score (nSPS) is 10.3. The van der Waals surface area contributed by atoms with Gasteiger partial charge in [-0.2, -0.15) is 0 Å². The molecule has 0 aliphatic rings. The number of carbonyl (C=O) groups is 3. The van der Waals surface area contributed by atoms with E-state index in [1.165, 1.54) is 0 Å². The Bertz CT molecular complexity index is 209. The van der Waals surface area contributed by atoms with Crippen LogP contribution in [0.25, 0.3) is 0 Å². The van der Waals surface area contributed by atoms with E-state index in [1.54, 1.807) is 6.92 Å². The van der Waals surface area contributed by atoms with Crippen LogP contribution < -0.4 is 26.8 Å². The van der Waals surface area contributed by atoms with Gasteiger partial charge in [0.25, 0.3) is 0 Å². The van der Waals surface area contributed by atoms with Crippen molar-refractivity contribution < 1.29 is 51.9 Å². The van der Waals surface area contributed by atoms with Crippen molar-refractivity contribution in [3.05, 3.63) is 0 Å². The molecule has 2 atom stereocenters. The summed E-state index contributed by atoms with van der Waals surface area (Å²) in [5.74, 6) is -3.25. The number of aliphatic hydroxyl groups is 1. The Balaban J connectivity index is -0.0000000512. The van der Waals surface area contributed by atoms with E-state index in [1.807, 2.05) is 0 Å². The summed E-state index contributed by atoms with van der Waals surface area (Å²) < 4.78 is 0. The molecule has 0 fully saturated rings. The molecule has 0 aromatic rings. The molecule has 0 saturated carbocycles. The van der Waals surface area contributed by atoms with Crippen LogP contribution in [0.4, 0.5) is 0 Å². The van der Waals surface area contributed by atoms with Crippen LogP contribution in [0.5, 0.6) is 0 Å². The van der Waals surface area contributed by atoms with Crippen molar-refractivity contribution in [2.24, 2.45) is 11.5 Å². The van der Waals surface area contributed by atoms with Gasteiger partial charge in [0, 0.05) is 30.5 Å². The van der Waals surface area contributed by atoms with Gasteiger partial charge in [0.1, 0.15) is 0 Å². The molecule has 9 nitrogen and oxygen atoms in total. The Morgan fingerprint density at radius 1 is 1.00 bits per heavy atom. The number of carboxylic acid groups (broad SMARTS) is 3. The van der Waals surface area contributed by atoms with E-state index in [-0.39, 0.29) is 23.1 Å². The summed E-state index contributed by atoms with van der Waals surface area (Å²) in [6, 6.07) is -0.264. The van der Waals surface area contributed by atoms with E-state index in [9.17, 15) is 0 Å². The third-order valence-corrected chi connectivity index (χ3v) is 0.892. The second-order valence-corrected chi connectivity index (χ2v) is 3.11. The molecule has 5 N–H and O–H groups in total. The molecule has 0 saturated heterocycles. The van der Waals surface area contributed by atoms with Crippen LogP contribution in [-0.2, 0) is 31.5 Å². The monoisotopic (exact) mass is 337 g/mol. The van der Waals surface area contributed by atoms with Crippen molar-refractivity contribution in [3.63, 3.8) is 0 Å². The smallest absolute Gasteiger partial charge is 0.550 e. The first-order valence-corrected chi connectivity index (χ1v) is 5.04. The van der Waals surface area contributed by atoms with Crippen molar-refractivity contribution in [3.8, 4) is 0 Å². The van der Waals surface area contributed by atoms with Gasteiger partial charge in [0.15, 0.2) is 0 Å². The van der Waals surface area contributed by atoms with Gasteiger partial charge in [-0.05, 0) is 27.7 Å². The van der Waals surface area contributed by atoms with Gasteiger partial charge in [0.05, 0.1) is 6.10 Å². The molecule has 0 aliphatic carbocycles. The number of aliphatic hydroxyl groups excluding tert-OH is 1. The molecule has 0 heterocycles. The maximum Gasteiger partial charge on any atom is 3.00 e. The van der Waals surface area contributed by atoms with Gasteiger partial charge in [-0.25, -0.2) is 0 Å². The van der Waals surface area contributed by atoms with Crippen LogP contribution in [0.3, 0.4) is 0 Å². The van der Waals surface area contributed by atoms with Crippen LogP contribution in [0.15, 0.2) is 0 Å². The number of carbonyl (C=O) groups excluding carboxylic acids is 3. The van der Waals surface area contributed by atoms with Crippen molar-refractivity contribution in [1.82, 2.24) is 0 Å². The molecule has 0 aromatic carbocycles. The molecule has 0 aromatic heterocycles. The van der Waals surface area contributed by atoms with Crippen molar-refractivity contribution >= 4 is 17.9 Å². The minimum Gasteiger partial charge on any atom is -0.550 e. The average molecular weight is 337 g/mol. The molecule has 10 heteroatoms. The number of carboxylic acids is 3. The number of rotatable bonds is 2. The zero-order valence-electron chi connectivity index (χ0n) is 11.8. The van der Waals surface area contributed by atoms with Gasteiger partial charge in [-0.3, -0.25) is 0 Å². The van der Waals surface area contributed by atoms with E-state index < -0.39 is 24.0 Å². The average Bonchev–Trinajstić information content (AvgIpc) is 2.13. The van der Waals surface area contributed by atoms with Gasteiger partial charge >= 0.3 is 17.1 Å². The largest absolute Gasteiger partial charge is 3.00 e. The summed E-state index contributed by atoms with van der Waals surface area (Å²) in [4.78, 5) is 26.7. The van der Waals surface area contributed by atoms with Crippen molar-refractivity contribution in [2.75, 3.05) is 6.54 Å². The van der Waals surface area contributed by atoms with Crippen molar-refractivity contribution in [2.45, 2.75) is 39.8 Å². The van der Waals surface area contributed by atoms with Crippen LogP contribution in [-0.4, -0.2) is 41.7 Å². The molecule has 0 amide bonds. The van der Waals surface area contributed by atoms with Crippen LogP contribution in [0, 0.1) is 0 Å². The van der Waals surface area contributed by atoms with Gasteiger partial charge in [-0.1, -0.05) is 0 Å². The Morgan fingerprint density at radius 2 is 1.15 bits per heavy atom. The maximum absolute atomic E-state index is 8.89. The Kier molecular flexibility index (Phi) is 35.9. The van der Waals surface area contributed by atoms with E-state index >= 15 is 0 Å². The number of aliphatic carboxylic acids is 3. The molecule has 0 aliphatic heterocycles. The zero-order chi connectivity index (χ0) is 16.6. The molecule has 121 valence electrons. The molecular formula is C10H21FeN2O7. The minimum absolute atomic E-state index is 0. The number of nitrogens with two attached hydrogens (primary N) is 2. The number of hydrogen-bond donors (Lipinski definition) is 3. The summed E-state index contributed by atoms with van der Waals surface area (Å²) in [5.41, 5.74) is 10.3. The third-order valence-electron chi connectivity index (χ3n) is 0.892. The molecule has 0 rings (SSSR count). The third kappa shape index (κ3) is 182. The molecule has 20 heavy (non-hydrogen) atoms. The summed E-state index contributed by atoms with van der Waals surface area (Å²) in [6.07, 6.45) is -0.481. The topological polar surface area (TPSA) is 193 Å². The van der Waals surface area contributed by atoms with Gasteiger partial charge < -0.3 is 46.3 Å². The van der Waals surface area contributed by atoms with Crippen LogP contribution >= 0.6 is 0 Å². The fourth-order valence-corrected chi connectivity index (χ4v) is 0.197.